The molecule has 7 heteroatoms. The van der Waals surface area contributed by atoms with Gasteiger partial charge in [-0.3, -0.25) is 9.10 Å². The van der Waals surface area contributed by atoms with Crippen molar-refractivity contribution in [1.82, 2.24) is 5.32 Å². The van der Waals surface area contributed by atoms with Gasteiger partial charge in [0.15, 0.2) is 0 Å². The second-order valence-corrected chi connectivity index (χ2v) is 9.21. The first-order valence-corrected chi connectivity index (χ1v) is 11.2. The fourth-order valence-corrected chi connectivity index (χ4v) is 4.05. The topological polar surface area (TPSA) is 75.7 Å². The molecule has 0 fully saturated rings. The Morgan fingerprint density at radius 3 is 2.14 bits per heavy atom. The third-order valence-electron chi connectivity index (χ3n) is 4.72. The Hall–Kier alpha value is -2.54. The molecule has 0 bridgehead atoms. The molecule has 1 amide bonds. The molecular formula is C22H30N2O4S. The summed E-state index contributed by atoms with van der Waals surface area (Å²) < 4.78 is 33.2. The molecule has 0 aliphatic rings. The van der Waals surface area contributed by atoms with E-state index in [2.05, 4.69) is 5.32 Å². The zero-order valence-electron chi connectivity index (χ0n) is 17.7. The van der Waals surface area contributed by atoms with Gasteiger partial charge >= 0.3 is 0 Å². The molecule has 0 radical (unpaired) electrons. The number of hydrogen-bond acceptors (Lipinski definition) is 4. The molecule has 0 saturated heterocycles. The Bertz CT molecular complexity index is 907. The van der Waals surface area contributed by atoms with E-state index in [1.165, 1.54) is 0 Å². The number of benzene rings is 2. The number of sulfonamides is 1. The lowest BCUT2D eigenvalue weighted by Gasteiger charge is -2.26. The molecule has 1 atom stereocenters. The van der Waals surface area contributed by atoms with E-state index in [1.54, 1.807) is 48.5 Å². The van der Waals surface area contributed by atoms with Crippen LogP contribution >= 0.6 is 0 Å². The monoisotopic (exact) mass is 418 g/mol. The smallest absolute Gasteiger partial charge is 0.264 e. The quantitative estimate of drug-likeness (QED) is 0.673. The number of amides is 1. The molecule has 0 heterocycles. The lowest BCUT2D eigenvalue weighted by atomic mass is 10.1. The van der Waals surface area contributed by atoms with E-state index < -0.39 is 10.0 Å². The van der Waals surface area contributed by atoms with Crippen LogP contribution in [-0.4, -0.2) is 33.5 Å². The number of carbonyl (C=O) groups excluding carboxylic acids is 1. The van der Waals surface area contributed by atoms with Crippen LogP contribution in [0.1, 0.15) is 33.3 Å². The maximum Gasteiger partial charge on any atom is 0.264 e. The number of ether oxygens (including phenoxy) is 1. The molecule has 0 aliphatic heterocycles. The number of hydrogen-bond donors (Lipinski definition) is 1. The molecule has 2 rings (SSSR count). The summed E-state index contributed by atoms with van der Waals surface area (Å²) >= 11 is 0. The van der Waals surface area contributed by atoms with Gasteiger partial charge in [0.2, 0.25) is 5.91 Å². The Labute approximate surface area is 173 Å². The van der Waals surface area contributed by atoms with E-state index in [4.69, 9.17) is 4.74 Å². The predicted molar refractivity (Wildman–Crippen MR) is 116 cm³/mol. The molecule has 6 nitrogen and oxygen atoms in total. The van der Waals surface area contributed by atoms with Gasteiger partial charge < -0.3 is 10.1 Å². The van der Waals surface area contributed by atoms with E-state index in [0.717, 1.165) is 9.87 Å². The number of anilines is 1. The summed E-state index contributed by atoms with van der Waals surface area (Å²) in [5, 5.41) is 2.87. The molecule has 0 aromatic heterocycles. The minimum absolute atomic E-state index is 0.0632. The van der Waals surface area contributed by atoms with Crippen LogP contribution < -0.4 is 14.4 Å². The maximum atomic E-state index is 13.3. The van der Waals surface area contributed by atoms with Gasteiger partial charge in [-0.25, -0.2) is 8.42 Å². The van der Waals surface area contributed by atoms with Gasteiger partial charge in [0.25, 0.3) is 10.0 Å². The normalized spacial score (nSPS) is 12.5. The summed E-state index contributed by atoms with van der Waals surface area (Å²) in [4.78, 5) is 12.7. The van der Waals surface area contributed by atoms with Crippen LogP contribution in [0.2, 0.25) is 0 Å². The number of aryl methyl sites for hydroxylation is 1. The summed E-state index contributed by atoms with van der Waals surface area (Å²) in [7, 11) is -3.92. The molecule has 0 spiro atoms. The average molecular weight is 419 g/mol. The van der Waals surface area contributed by atoms with Gasteiger partial charge in [-0.2, -0.15) is 0 Å². The zero-order chi connectivity index (χ0) is 21.6. The van der Waals surface area contributed by atoms with Crippen LogP contribution in [-0.2, 0) is 14.8 Å². The van der Waals surface area contributed by atoms with Gasteiger partial charge in [0, 0.05) is 6.04 Å². The average Bonchev–Trinajstić information content (AvgIpc) is 2.67. The second-order valence-electron chi connectivity index (χ2n) is 7.35. The van der Waals surface area contributed by atoms with Crippen molar-refractivity contribution in [3.8, 4) is 5.75 Å². The van der Waals surface area contributed by atoms with Crippen LogP contribution in [0.5, 0.6) is 5.75 Å². The first-order chi connectivity index (χ1) is 13.6. The van der Waals surface area contributed by atoms with Gasteiger partial charge in [-0.1, -0.05) is 31.5 Å². The first kappa shape index (κ1) is 22.7. The van der Waals surface area contributed by atoms with Crippen molar-refractivity contribution in [3.63, 3.8) is 0 Å². The Kier molecular flexibility index (Phi) is 7.67. The molecular weight excluding hydrogens is 388 g/mol. The molecule has 2 aromatic rings. The Morgan fingerprint density at radius 2 is 1.62 bits per heavy atom. The molecule has 1 N–H and O–H groups in total. The highest BCUT2D eigenvalue weighted by Crippen LogP contribution is 2.26. The molecule has 0 saturated carbocycles. The van der Waals surface area contributed by atoms with Gasteiger partial charge in [-0.05, 0) is 63.1 Å². The first-order valence-electron chi connectivity index (χ1n) is 9.76. The molecule has 29 heavy (non-hydrogen) atoms. The van der Waals surface area contributed by atoms with Crippen LogP contribution in [0.15, 0.2) is 53.4 Å². The zero-order valence-corrected chi connectivity index (χ0v) is 18.5. The fraction of sp³-hybridized carbons (Fsp3) is 0.409. The summed E-state index contributed by atoms with van der Waals surface area (Å²) in [6, 6.07) is 13.2. The third kappa shape index (κ3) is 5.97. The highest BCUT2D eigenvalue weighted by Gasteiger charge is 2.27. The molecule has 0 unspecified atom stereocenters. The second kappa shape index (κ2) is 9.78. The highest BCUT2D eigenvalue weighted by molar-refractivity contribution is 7.92. The van der Waals surface area contributed by atoms with E-state index in [0.29, 0.717) is 18.0 Å². The van der Waals surface area contributed by atoms with Crippen LogP contribution in [0.3, 0.4) is 0 Å². The third-order valence-corrected chi connectivity index (χ3v) is 6.51. The van der Waals surface area contributed by atoms with Crippen molar-refractivity contribution in [2.45, 2.75) is 45.6 Å². The van der Waals surface area contributed by atoms with Crippen LogP contribution in [0.25, 0.3) is 0 Å². The highest BCUT2D eigenvalue weighted by atomic mass is 32.2. The number of nitrogens with zero attached hydrogens (tertiary/aromatic N) is 1. The van der Waals surface area contributed by atoms with Gasteiger partial charge in [0.05, 0.1) is 17.2 Å². The number of rotatable bonds is 9. The summed E-state index contributed by atoms with van der Waals surface area (Å²) in [6.45, 7) is 9.87. The fourth-order valence-electron chi connectivity index (χ4n) is 2.62. The van der Waals surface area contributed by atoms with Crippen molar-refractivity contribution in [3.05, 3.63) is 54.1 Å². The molecule has 2 aromatic carbocycles. The summed E-state index contributed by atoms with van der Waals surface area (Å²) in [5.41, 5.74) is 1.36. The standard InChI is InChI=1S/C22H30N2O4S/c1-6-28-20-11-9-19(10-12-20)24(15-22(25)23-18(5)16(2)3)29(26,27)21-13-7-17(4)8-14-21/h7-14,16,18H,6,15H2,1-5H3,(H,23,25)/t18-/m0/s1. The van der Waals surface area contributed by atoms with Crippen molar-refractivity contribution >= 4 is 21.6 Å². The minimum Gasteiger partial charge on any atom is -0.494 e. The lowest BCUT2D eigenvalue weighted by Crippen LogP contribution is -2.45. The van der Waals surface area contributed by atoms with E-state index in [9.17, 15) is 13.2 Å². The maximum absolute atomic E-state index is 13.3. The predicted octanol–water partition coefficient (Wildman–Crippen LogP) is 3.75. The van der Waals surface area contributed by atoms with Crippen molar-refractivity contribution < 1.29 is 17.9 Å². The lowest BCUT2D eigenvalue weighted by molar-refractivity contribution is -0.120. The van der Waals surface area contributed by atoms with Crippen molar-refractivity contribution in [1.29, 1.82) is 0 Å². The van der Waals surface area contributed by atoms with Gasteiger partial charge in [-0.15, -0.1) is 0 Å². The minimum atomic E-state index is -3.92. The molecule has 0 aliphatic carbocycles. The summed E-state index contributed by atoms with van der Waals surface area (Å²) in [6.07, 6.45) is 0. The van der Waals surface area contributed by atoms with Crippen LogP contribution in [0.4, 0.5) is 5.69 Å². The van der Waals surface area contributed by atoms with Crippen molar-refractivity contribution in [2.24, 2.45) is 5.92 Å². The van der Waals surface area contributed by atoms with Crippen molar-refractivity contribution in [2.75, 3.05) is 17.5 Å². The van der Waals surface area contributed by atoms with E-state index in [1.807, 2.05) is 34.6 Å². The summed E-state index contributed by atoms with van der Waals surface area (Å²) in [5.74, 6) is 0.532. The van der Waals surface area contributed by atoms with E-state index in [-0.39, 0.29) is 29.3 Å². The largest absolute Gasteiger partial charge is 0.494 e. The SMILES string of the molecule is CCOc1ccc(N(CC(=O)N[C@@H](C)C(C)C)S(=O)(=O)c2ccc(C)cc2)cc1. The Balaban J connectivity index is 2.39. The number of carbonyl (C=O) groups is 1. The number of nitrogens with one attached hydrogen (secondary N) is 1. The Morgan fingerprint density at radius 1 is 1.03 bits per heavy atom. The van der Waals surface area contributed by atoms with E-state index >= 15 is 0 Å². The van der Waals surface area contributed by atoms with Gasteiger partial charge in [0.1, 0.15) is 12.3 Å². The van der Waals surface area contributed by atoms with Crippen LogP contribution in [0, 0.1) is 12.8 Å². The molecule has 158 valence electrons.